The van der Waals surface area contributed by atoms with Crippen LogP contribution in [0.4, 0.5) is 4.79 Å². The van der Waals surface area contributed by atoms with Gasteiger partial charge in [0.25, 0.3) is 0 Å². The molecule has 1 saturated heterocycles. The number of allylic oxidation sites excluding steroid dienone is 1. The van der Waals surface area contributed by atoms with E-state index in [2.05, 4.69) is 19.6 Å². The molecule has 2 N–H and O–H groups in total. The van der Waals surface area contributed by atoms with Crippen LogP contribution in [-0.4, -0.2) is 91.4 Å². The molecule has 1 amide bonds. The maximum Gasteiger partial charge on any atom is 0.409 e. The van der Waals surface area contributed by atoms with Crippen molar-refractivity contribution in [1.29, 1.82) is 0 Å². The number of aliphatic hydroxyl groups is 2. The highest BCUT2D eigenvalue weighted by molar-refractivity contribution is 6.03. The van der Waals surface area contributed by atoms with Crippen LogP contribution in [0.5, 0.6) is 17.2 Å². The Kier molecular flexibility index (Phi) is 20.2. The third-order valence-corrected chi connectivity index (χ3v) is 13.8. The maximum absolute atomic E-state index is 14.3. The van der Waals surface area contributed by atoms with Gasteiger partial charge in [0.05, 0.1) is 31.5 Å². The summed E-state index contributed by atoms with van der Waals surface area (Å²) >= 11 is 0. The van der Waals surface area contributed by atoms with Gasteiger partial charge in [0.15, 0.2) is 0 Å². The molecule has 7 unspecified atom stereocenters. The Balaban J connectivity index is 1.39. The predicted molar refractivity (Wildman–Crippen MR) is 252 cm³/mol. The standard InChI is InChI=1S/C53H76N2O10/c1-4-6-7-8-9-10-11-12-13-19-33-61-52(59)55(3)48-37-46(54-65-49-26-16-20-32-60-49)44-35-40(23-14-17-29-56)43(25-15-18-30-57)50-45-36-42(63-41-24-21-22-39(34-41)38-58)27-28-47(45)64-53(48,51(44)50)62-31-5-2/h5,21-22,24,27-28,34-36,38,40,43,48-51,56-57H,2,4,6-20,23,25-26,29-33,37H2,1,3H3. The lowest BCUT2D eigenvalue weighted by molar-refractivity contribution is -0.254. The van der Waals surface area contributed by atoms with Gasteiger partial charge in [-0.3, -0.25) is 4.79 Å². The average molecular weight is 901 g/mol. The van der Waals surface area contributed by atoms with Crippen LogP contribution >= 0.6 is 0 Å². The number of nitrogens with zero attached hydrogens (tertiary/aromatic N) is 2. The Morgan fingerprint density at radius 3 is 2.37 bits per heavy atom. The van der Waals surface area contributed by atoms with Crippen LogP contribution in [0.15, 0.2) is 71.9 Å². The van der Waals surface area contributed by atoms with Crippen molar-refractivity contribution in [3.05, 3.63) is 77.9 Å². The maximum atomic E-state index is 14.3. The smallest absolute Gasteiger partial charge is 0.409 e. The van der Waals surface area contributed by atoms with Crippen LogP contribution in [-0.2, 0) is 19.0 Å². The number of oxime groups is 1. The summed E-state index contributed by atoms with van der Waals surface area (Å²) in [7, 11) is 1.76. The highest BCUT2D eigenvalue weighted by Gasteiger charge is 2.65. The number of aldehydes is 1. The average Bonchev–Trinajstić information content (AvgIpc) is 3.33. The van der Waals surface area contributed by atoms with Crippen LogP contribution < -0.4 is 9.47 Å². The molecule has 2 aromatic carbocycles. The number of likely N-dealkylation sites (N-methyl/N-ethyl adjacent to an activating group) is 1. The fraction of sp³-hybridized carbons (Fsp3) is 0.642. The van der Waals surface area contributed by atoms with Crippen LogP contribution in [0.1, 0.15) is 157 Å². The number of aliphatic hydroxyl groups excluding tert-OH is 2. The van der Waals surface area contributed by atoms with Gasteiger partial charge in [0, 0.05) is 50.1 Å². The van der Waals surface area contributed by atoms with E-state index in [-0.39, 0.29) is 44.0 Å². The molecular weight excluding hydrogens is 825 g/mol. The monoisotopic (exact) mass is 901 g/mol. The molecule has 12 nitrogen and oxygen atoms in total. The summed E-state index contributed by atoms with van der Waals surface area (Å²) in [5.41, 5.74) is 3.10. The zero-order valence-corrected chi connectivity index (χ0v) is 39.2. The molecule has 0 spiro atoms. The van der Waals surface area contributed by atoms with Gasteiger partial charge in [-0.25, -0.2) is 4.79 Å². The summed E-state index contributed by atoms with van der Waals surface area (Å²) in [6.45, 7) is 7.56. The lowest BCUT2D eigenvalue weighted by Crippen LogP contribution is -2.69. The van der Waals surface area contributed by atoms with E-state index in [9.17, 15) is 19.8 Å². The fourth-order valence-corrected chi connectivity index (χ4v) is 10.5. The van der Waals surface area contributed by atoms with Crippen molar-refractivity contribution < 1.29 is 48.3 Å². The lowest BCUT2D eigenvalue weighted by atomic mass is 9.55. The first-order valence-electron chi connectivity index (χ1n) is 24.9. The SMILES string of the molecule is C=CCOC12Oc3ccc(Oc4cccc(C=O)c4)cc3C3C(CCCCO)C(CCCCO)C=C(C(=NOC4CCCCO4)CC1N(C)C(=O)OCCCCCCCCCCCC)C32. The molecule has 2 fully saturated rings. The first-order chi connectivity index (χ1) is 31.9. The van der Waals surface area contributed by atoms with Gasteiger partial charge in [-0.05, 0) is 92.7 Å². The number of ether oxygens (including phenoxy) is 5. The minimum atomic E-state index is -1.39. The quantitative estimate of drug-likeness (QED) is 0.0366. The van der Waals surface area contributed by atoms with Crippen molar-refractivity contribution >= 4 is 18.1 Å². The number of hydrogen-bond donors (Lipinski definition) is 2. The molecule has 12 heteroatoms. The second-order valence-electron chi connectivity index (χ2n) is 18.4. The van der Waals surface area contributed by atoms with Gasteiger partial charge >= 0.3 is 6.09 Å². The molecule has 65 heavy (non-hydrogen) atoms. The third kappa shape index (κ3) is 13.2. The second kappa shape index (κ2) is 26.2. The zero-order chi connectivity index (χ0) is 45.9. The van der Waals surface area contributed by atoms with E-state index in [0.717, 1.165) is 81.6 Å². The summed E-state index contributed by atoms with van der Waals surface area (Å²) in [6, 6.07) is 12.2. The van der Waals surface area contributed by atoms with E-state index < -0.39 is 30.1 Å². The number of carbonyl (C=O) groups is 2. The van der Waals surface area contributed by atoms with Crippen molar-refractivity contribution in [2.45, 2.75) is 159 Å². The zero-order valence-electron chi connectivity index (χ0n) is 39.2. The number of fused-ring (bicyclic) bond motifs is 2. The van der Waals surface area contributed by atoms with Crippen LogP contribution in [0.2, 0.25) is 0 Å². The van der Waals surface area contributed by atoms with E-state index in [4.69, 9.17) is 33.7 Å². The molecule has 0 bridgehead atoms. The molecule has 7 atom stereocenters. The number of hydrogen-bond acceptors (Lipinski definition) is 11. The molecule has 2 heterocycles. The van der Waals surface area contributed by atoms with Gasteiger partial charge in [0.1, 0.15) is 29.6 Å². The van der Waals surface area contributed by atoms with Crippen LogP contribution in [0, 0.1) is 17.8 Å². The van der Waals surface area contributed by atoms with Gasteiger partial charge in [-0.2, -0.15) is 0 Å². The summed E-state index contributed by atoms with van der Waals surface area (Å²) in [4.78, 5) is 33.8. The second-order valence-corrected chi connectivity index (χ2v) is 18.4. The normalized spacial score (nSPS) is 25.1. The summed E-state index contributed by atoms with van der Waals surface area (Å²) in [5, 5.41) is 24.8. The van der Waals surface area contributed by atoms with E-state index >= 15 is 0 Å². The van der Waals surface area contributed by atoms with Gasteiger partial charge < -0.3 is 43.6 Å². The third-order valence-electron chi connectivity index (χ3n) is 13.8. The van der Waals surface area contributed by atoms with Crippen molar-refractivity contribution in [3.63, 3.8) is 0 Å². The molecule has 2 aliphatic heterocycles. The van der Waals surface area contributed by atoms with Crippen molar-refractivity contribution in [2.75, 3.05) is 40.1 Å². The molecule has 1 saturated carbocycles. The molecule has 358 valence electrons. The van der Waals surface area contributed by atoms with E-state index in [1.54, 1.807) is 36.2 Å². The topological polar surface area (TPSA) is 146 Å². The predicted octanol–water partition coefficient (Wildman–Crippen LogP) is 11.4. The van der Waals surface area contributed by atoms with E-state index in [0.29, 0.717) is 54.6 Å². The summed E-state index contributed by atoms with van der Waals surface area (Å²) in [6.07, 6.45) is 23.3. The molecule has 2 aromatic rings. The van der Waals surface area contributed by atoms with Gasteiger partial charge in [-0.15, -0.1) is 6.58 Å². The van der Waals surface area contributed by atoms with Crippen molar-refractivity contribution in [3.8, 4) is 17.2 Å². The largest absolute Gasteiger partial charge is 0.459 e. The Morgan fingerprint density at radius 1 is 0.923 bits per heavy atom. The van der Waals surface area contributed by atoms with E-state index in [1.807, 2.05) is 24.3 Å². The highest BCUT2D eigenvalue weighted by atomic mass is 16.8. The molecule has 0 aromatic heterocycles. The van der Waals surface area contributed by atoms with Gasteiger partial charge in [0.2, 0.25) is 12.1 Å². The minimum absolute atomic E-state index is 0.0492. The van der Waals surface area contributed by atoms with Gasteiger partial charge in [-0.1, -0.05) is 107 Å². The number of unbranched alkanes of at least 4 members (excludes halogenated alkanes) is 11. The summed E-state index contributed by atoms with van der Waals surface area (Å²) < 4.78 is 32.8. The molecule has 4 aliphatic rings. The van der Waals surface area contributed by atoms with Crippen molar-refractivity contribution in [1.82, 2.24) is 4.90 Å². The van der Waals surface area contributed by atoms with E-state index in [1.165, 1.54) is 44.9 Å². The minimum Gasteiger partial charge on any atom is -0.459 e. The Bertz CT molecular complexity index is 1860. The first-order valence-corrected chi connectivity index (χ1v) is 24.9. The summed E-state index contributed by atoms with van der Waals surface area (Å²) in [5.74, 6) is -0.219. The Labute approximate surface area is 387 Å². The number of benzene rings is 2. The number of carbonyl (C=O) groups excluding carboxylic acids is 2. The van der Waals surface area contributed by atoms with Crippen LogP contribution in [0.3, 0.4) is 0 Å². The molecule has 6 rings (SSSR count). The molecular formula is C53H76N2O10. The fourth-order valence-electron chi connectivity index (χ4n) is 10.5. The lowest BCUT2D eigenvalue weighted by Gasteiger charge is -2.59. The molecule has 2 aliphatic carbocycles. The molecule has 0 radical (unpaired) electrons. The Morgan fingerprint density at radius 2 is 1.66 bits per heavy atom. The van der Waals surface area contributed by atoms with Crippen molar-refractivity contribution in [2.24, 2.45) is 22.9 Å². The first kappa shape index (κ1) is 50.2. The number of amides is 1. The Hall–Kier alpha value is -4.23. The highest BCUT2D eigenvalue weighted by Crippen LogP contribution is 2.62. The number of rotatable bonds is 28. The van der Waals surface area contributed by atoms with Crippen LogP contribution in [0.25, 0.3) is 0 Å².